The Labute approximate surface area is 77.7 Å². The van der Waals surface area contributed by atoms with Gasteiger partial charge in [-0.25, -0.2) is 0 Å². The molecule has 0 saturated heterocycles. The fraction of sp³-hybridized carbons (Fsp3) is 0.364. The first-order valence-corrected chi connectivity index (χ1v) is 4.81. The van der Waals surface area contributed by atoms with E-state index in [1.54, 1.807) is 5.57 Å². The summed E-state index contributed by atoms with van der Waals surface area (Å²) in [4.78, 5) is 4.41. The number of hydrogen-bond acceptors (Lipinski definition) is 2. The van der Waals surface area contributed by atoms with Crippen molar-refractivity contribution in [2.24, 2.45) is 0 Å². The van der Waals surface area contributed by atoms with Crippen molar-refractivity contribution in [3.05, 3.63) is 35.2 Å². The van der Waals surface area contributed by atoms with Crippen molar-refractivity contribution in [2.45, 2.75) is 12.8 Å². The van der Waals surface area contributed by atoms with Gasteiger partial charge in [-0.1, -0.05) is 11.6 Å². The molecule has 66 valence electrons. The molecule has 0 fully saturated rings. The zero-order chi connectivity index (χ0) is 8.67. The van der Waals surface area contributed by atoms with E-state index in [0.717, 1.165) is 19.5 Å². The van der Waals surface area contributed by atoms with Gasteiger partial charge in [0.2, 0.25) is 0 Å². The van der Waals surface area contributed by atoms with Crippen LogP contribution >= 0.6 is 0 Å². The molecular formula is C11H12N2. The molecule has 2 heterocycles. The highest BCUT2D eigenvalue weighted by Gasteiger charge is 2.23. The standard InChI is InChI=1S/C11H12N2/c1-2-9-10-7-12-5-3-8(10)6-11(9)13-4-1/h1-2,4,12H,3,5-7H2. The van der Waals surface area contributed by atoms with Crippen LogP contribution in [0.2, 0.25) is 0 Å². The zero-order valence-corrected chi connectivity index (χ0v) is 7.51. The molecule has 0 bridgehead atoms. The van der Waals surface area contributed by atoms with Crippen LogP contribution in [0, 0.1) is 0 Å². The Kier molecular flexibility index (Phi) is 1.49. The molecule has 1 aromatic rings. The largest absolute Gasteiger partial charge is 0.312 e. The van der Waals surface area contributed by atoms with Crippen LogP contribution in [0.25, 0.3) is 5.57 Å². The SMILES string of the molecule is c1cnc2c(c1)C1=C(CCNC1)C2. The Hall–Kier alpha value is -1.15. The molecule has 0 unspecified atom stereocenters. The van der Waals surface area contributed by atoms with E-state index >= 15 is 0 Å². The third-order valence-corrected chi connectivity index (χ3v) is 2.93. The van der Waals surface area contributed by atoms with Gasteiger partial charge in [-0.2, -0.15) is 0 Å². The van der Waals surface area contributed by atoms with Crippen molar-refractivity contribution in [2.75, 3.05) is 13.1 Å². The van der Waals surface area contributed by atoms with Crippen molar-refractivity contribution < 1.29 is 0 Å². The number of pyridine rings is 1. The van der Waals surface area contributed by atoms with Crippen molar-refractivity contribution in [1.82, 2.24) is 10.3 Å². The fourth-order valence-electron chi connectivity index (χ4n) is 2.27. The smallest absolute Gasteiger partial charge is 0.0519 e. The van der Waals surface area contributed by atoms with Crippen LogP contribution in [-0.4, -0.2) is 18.1 Å². The second-order valence-corrected chi connectivity index (χ2v) is 3.68. The van der Waals surface area contributed by atoms with Crippen LogP contribution < -0.4 is 5.32 Å². The first-order chi connectivity index (χ1) is 6.45. The van der Waals surface area contributed by atoms with E-state index in [2.05, 4.69) is 16.4 Å². The van der Waals surface area contributed by atoms with Gasteiger partial charge in [-0.05, 0) is 24.6 Å². The third-order valence-electron chi connectivity index (χ3n) is 2.93. The van der Waals surface area contributed by atoms with Crippen LogP contribution in [-0.2, 0) is 6.42 Å². The molecule has 0 aromatic carbocycles. The zero-order valence-electron chi connectivity index (χ0n) is 7.51. The van der Waals surface area contributed by atoms with E-state index in [1.165, 1.54) is 23.3 Å². The lowest BCUT2D eigenvalue weighted by atomic mass is 10.0. The lowest BCUT2D eigenvalue weighted by molar-refractivity contribution is 0.712. The van der Waals surface area contributed by atoms with Crippen molar-refractivity contribution in [1.29, 1.82) is 0 Å². The monoisotopic (exact) mass is 172 g/mol. The summed E-state index contributed by atoms with van der Waals surface area (Å²) in [7, 11) is 0. The average molecular weight is 172 g/mol. The Morgan fingerprint density at radius 3 is 3.38 bits per heavy atom. The molecule has 0 saturated carbocycles. The highest BCUT2D eigenvalue weighted by Crippen LogP contribution is 2.33. The first kappa shape index (κ1) is 7.27. The van der Waals surface area contributed by atoms with E-state index in [9.17, 15) is 0 Å². The number of nitrogens with zero attached hydrogens (tertiary/aromatic N) is 1. The van der Waals surface area contributed by atoms with E-state index in [4.69, 9.17) is 0 Å². The summed E-state index contributed by atoms with van der Waals surface area (Å²) < 4.78 is 0. The summed E-state index contributed by atoms with van der Waals surface area (Å²) in [5.74, 6) is 0. The van der Waals surface area contributed by atoms with Gasteiger partial charge in [0.1, 0.15) is 0 Å². The molecule has 2 nitrogen and oxygen atoms in total. The summed E-state index contributed by atoms with van der Waals surface area (Å²) in [6, 6.07) is 4.22. The number of rotatable bonds is 0. The number of nitrogens with one attached hydrogen (secondary N) is 1. The van der Waals surface area contributed by atoms with Gasteiger partial charge in [0.25, 0.3) is 0 Å². The minimum Gasteiger partial charge on any atom is -0.312 e. The fourth-order valence-corrected chi connectivity index (χ4v) is 2.27. The molecule has 0 spiro atoms. The predicted octanol–water partition coefficient (Wildman–Crippen LogP) is 1.38. The summed E-state index contributed by atoms with van der Waals surface area (Å²) >= 11 is 0. The van der Waals surface area contributed by atoms with Gasteiger partial charge >= 0.3 is 0 Å². The van der Waals surface area contributed by atoms with Gasteiger partial charge in [0, 0.05) is 24.7 Å². The summed E-state index contributed by atoms with van der Waals surface area (Å²) in [5.41, 5.74) is 5.77. The molecule has 1 aliphatic heterocycles. The second kappa shape index (κ2) is 2.67. The third kappa shape index (κ3) is 1.02. The highest BCUT2D eigenvalue weighted by atomic mass is 14.9. The maximum absolute atomic E-state index is 4.41. The maximum atomic E-state index is 4.41. The molecule has 13 heavy (non-hydrogen) atoms. The van der Waals surface area contributed by atoms with Crippen molar-refractivity contribution in [3.8, 4) is 0 Å². The van der Waals surface area contributed by atoms with Crippen LogP contribution in [0.1, 0.15) is 17.7 Å². The lowest BCUT2D eigenvalue weighted by Crippen LogP contribution is -2.22. The van der Waals surface area contributed by atoms with E-state index < -0.39 is 0 Å². The molecule has 2 heteroatoms. The van der Waals surface area contributed by atoms with E-state index in [0.29, 0.717) is 0 Å². The Morgan fingerprint density at radius 1 is 1.38 bits per heavy atom. The minimum atomic E-state index is 1.04. The number of fused-ring (bicyclic) bond motifs is 2. The average Bonchev–Trinajstić information content (AvgIpc) is 2.56. The van der Waals surface area contributed by atoms with Crippen molar-refractivity contribution in [3.63, 3.8) is 0 Å². The Morgan fingerprint density at radius 2 is 2.38 bits per heavy atom. The molecule has 0 amide bonds. The van der Waals surface area contributed by atoms with Crippen LogP contribution in [0.15, 0.2) is 23.9 Å². The van der Waals surface area contributed by atoms with Gasteiger partial charge in [0.05, 0.1) is 5.69 Å². The Bertz CT molecular complexity index is 379. The van der Waals surface area contributed by atoms with Crippen LogP contribution in [0.5, 0.6) is 0 Å². The van der Waals surface area contributed by atoms with Crippen LogP contribution in [0.3, 0.4) is 0 Å². The molecular weight excluding hydrogens is 160 g/mol. The summed E-state index contributed by atoms with van der Waals surface area (Å²) in [6.45, 7) is 2.17. The van der Waals surface area contributed by atoms with Gasteiger partial charge < -0.3 is 5.32 Å². The molecule has 0 radical (unpaired) electrons. The van der Waals surface area contributed by atoms with Gasteiger partial charge in [-0.3, -0.25) is 4.98 Å². The van der Waals surface area contributed by atoms with Crippen molar-refractivity contribution >= 4 is 5.57 Å². The van der Waals surface area contributed by atoms with Gasteiger partial charge in [0.15, 0.2) is 0 Å². The topological polar surface area (TPSA) is 24.9 Å². The molecule has 3 rings (SSSR count). The molecule has 0 atom stereocenters. The normalized spacial score (nSPS) is 20.0. The van der Waals surface area contributed by atoms with E-state index in [-0.39, 0.29) is 0 Å². The summed E-state index contributed by atoms with van der Waals surface area (Å²) in [5, 5.41) is 3.41. The second-order valence-electron chi connectivity index (χ2n) is 3.68. The Balaban J connectivity index is 2.12. The lowest BCUT2D eigenvalue weighted by Gasteiger charge is -2.15. The quantitative estimate of drug-likeness (QED) is 0.639. The molecule has 1 aliphatic carbocycles. The number of hydrogen-bond donors (Lipinski definition) is 1. The van der Waals surface area contributed by atoms with Crippen LogP contribution in [0.4, 0.5) is 0 Å². The predicted molar refractivity (Wildman–Crippen MR) is 52.3 cm³/mol. The molecule has 1 N–H and O–H groups in total. The molecule has 1 aromatic heterocycles. The van der Waals surface area contributed by atoms with E-state index in [1.807, 2.05) is 12.3 Å². The maximum Gasteiger partial charge on any atom is 0.0519 e. The molecule has 2 aliphatic rings. The summed E-state index contributed by atoms with van der Waals surface area (Å²) in [6.07, 6.45) is 4.18. The minimum absolute atomic E-state index is 1.04. The van der Waals surface area contributed by atoms with Gasteiger partial charge in [-0.15, -0.1) is 0 Å². The highest BCUT2D eigenvalue weighted by molar-refractivity contribution is 5.76. The first-order valence-electron chi connectivity index (χ1n) is 4.81. The number of aromatic nitrogens is 1.